The smallest absolute Gasteiger partial charge is 0.304 e. The minimum Gasteiger partial charge on any atom is -0.481 e. The number of rotatable bonds is 5. The normalized spacial score (nSPS) is 11.2. The molecule has 0 aliphatic heterocycles. The number of hydrogen-bond acceptors (Lipinski definition) is 2. The Morgan fingerprint density at radius 3 is 1.82 bits per heavy atom. The van der Waals surface area contributed by atoms with Gasteiger partial charge in [-0.3, -0.25) is 9.59 Å². The van der Waals surface area contributed by atoms with Crippen LogP contribution in [0.15, 0.2) is 24.3 Å². The van der Waals surface area contributed by atoms with Gasteiger partial charge in [0, 0.05) is 5.41 Å². The lowest BCUT2D eigenvalue weighted by molar-refractivity contribution is -0.141. The third-order valence-corrected chi connectivity index (χ3v) is 2.83. The first kappa shape index (κ1) is 13.2. The first-order chi connectivity index (χ1) is 7.83. The van der Waals surface area contributed by atoms with Crippen molar-refractivity contribution in [3.63, 3.8) is 0 Å². The van der Waals surface area contributed by atoms with Gasteiger partial charge in [0.15, 0.2) is 0 Å². The summed E-state index contributed by atoms with van der Waals surface area (Å²) in [4.78, 5) is 21.7. The van der Waals surface area contributed by atoms with Crippen LogP contribution in [0.25, 0.3) is 0 Å². The van der Waals surface area contributed by atoms with Crippen LogP contribution in [-0.4, -0.2) is 22.2 Å². The highest BCUT2D eigenvalue weighted by Crippen LogP contribution is 2.31. The molecule has 1 aromatic carbocycles. The summed E-state index contributed by atoms with van der Waals surface area (Å²) in [5.41, 5.74) is 0.931. The third kappa shape index (κ3) is 3.59. The average molecular weight is 236 g/mol. The van der Waals surface area contributed by atoms with Crippen molar-refractivity contribution in [1.29, 1.82) is 0 Å². The van der Waals surface area contributed by atoms with Gasteiger partial charge >= 0.3 is 11.9 Å². The van der Waals surface area contributed by atoms with Crippen LogP contribution < -0.4 is 0 Å². The van der Waals surface area contributed by atoms with Crippen molar-refractivity contribution >= 4 is 11.9 Å². The Balaban J connectivity index is 3.08. The molecule has 0 aliphatic rings. The SMILES string of the molecule is Cc1ccc(C(C)(CC(=O)O)CC(=O)O)cc1. The second-order valence-corrected chi connectivity index (χ2v) is 4.57. The van der Waals surface area contributed by atoms with Gasteiger partial charge in [0.05, 0.1) is 12.8 Å². The zero-order valence-corrected chi connectivity index (χ0v) is 9.93. The monoisotopic (exact) mass is 236 g/mol. The van der Waals surface area contributed by atoms with E-state index in [0.717, 1.165) is 11.1 Å². The molecule has 1 aromatic rings. The fourth-order valence-corrected chi connectivity index (χ4v) is 1.89. The van der Waals surface area contributed by atoms with Crippen LogP contribution in [0.3, 0.4) is 0 Å². The lowest BCUT2D eigenvalue weighted by Crippen LogP contribution is -2.28. The van der Waals surface area contributed by atoms with Crippen LogP contribution >= 0.6 is 0 Å². The van der Waals surface area contributed by atoms with Crippen LogP contribution in [0.2, 0.25) is 0 Å². The minimum absolute atomic E-state index is 0.192. The molecule has 2 N–H and O–H groups in total. The molecule has 1 rings (SSSR count). The van der Waals surface area contributed by atoms with Gasteiger partial charge in [-0.2, -0.15) is 0 Å². The molecule has 0 saturated heterocycles. The maximum absolute atomic E-state index is 10.8. The number of aryl methyl sites for hydroxylation is 1. The summed E-state index contributed by atoms with van der Waals surface area (Å²) in [6.07, 6.45) is -0.384. The molecule has 0 bridgehead atoms. The van der Waals surface area contributed by atoms with Crippen molar-refractivity contribution in [3.8, 4) is 0 Å². The molecule has 0 amide bonds. The Morgan fingerprint density at radius 2 is 1.47 bits per heavy atom. The molecular weight excluding hydrogens is 220 g/mol. The largest absolute Gasteiger partial charge is 0.481 e. The molecule has 17 heavy (non-hydrogen) atoms. The number of carbonyl (C=O) groups is 2. The molecule has 0 spiro atoms. The van der Waals surface area contributed by atoms with Gasteiger partial charge in [0.25, 0.3) is 0 Å². The van der Waals surface area contributed by atoms with Crippen LogP contribution in [0, 0.1) is 6.92 Å². The molecule has 0 saturated carbocycles. The van der Waals surface area contributed by atoms with Gasteiger partial charge in [-0.15, -0.1) is 0 Å². The standard InChI is InChI=1S/C13H16O4/c1-9-3-5-10(6-4-9)13(2,7-11(14)15)8-12(16)17/h3-6H,7-8H2,1-2H3,(H,14,15)(H,16,17). The number of hydrogen-bond donors (Lipinski definition) is 2. The van der Waals surface area contributed by atoms with Crippen molar-refractivity contribution in [3.05, 3.63) is 35.4 Å². The van der Waals surface area contributed by atoms with E-state index in [1.807, 2.05) is 19.1 Å². The van der Waals surface area contributed by atoms with Crippen molar-refractivity contribution in [2.45, 2.75) is 32.1 Å². The predicted octanol–water partition coefficient (Wildman–Crippen LogP) is 2.20. The van der Waals surface area contributed by atoms with Crippen LogP contribution in [-0.2, 0) is 15.0 Å². The van der Waals surface area contributed by atoms with E-state index >= 15 is 0 Å². The van der Waals surface area contributed by atoms with E-state index < -0.39 is 17.4 Å². The van der Waals surface area contributed by atoms with Crippen LogP contribution in [0.4, 0.5) is 0 Å². The summed E-state index contributed by atoms with van der Waals surface area (Å²) in [6, 6.07) is 7.30. The molecule has 0 heterocycles. The maximum atomic E-state index is 10.8. The average Bonchev–Trinajstić information content (AvgIpc) is 2.15. The van der Waals surface area contributed by atoms with Gasteiger partial charge in [-0.05, 0) is 12.5 Å². The highest BCUT2D eigenvalue weighted by molar-refractivity contribution is 5.74. The van der Waals surface area contributed by atoms with Gasteiger partial charge in [-0.25, -0.2) is 0 Å². The van der Waals surface area contributed by atoms with Crippen molar-refractivity contribution in [2.24, 2.45) is 0 Å². The number of carboxylic acid groups (broad SMARTS) is 2. The first-order valence-electron chi connectivity index (χ1n) is 5.34. The fourth-order valence-electron chi connectivity index (χ4n) is 1.89. The predicted molar refractivity (Wildman–Crippen MR) is 63.0 cm³/mol. The van der Waals surface area contributed by atoms with Crippen molar-refractivity contribution in [1.82, 2.24) is 0 Å². The van der Waals surface area contributed by atoms with E-state index in [2.05, 4.69) is 0 Å². The van der Waals surface area contributed by atoms with E-state index in [1.165, 1.54) is 0 Å². The Bertz CT molecular complexity index is 404. The van der Waals surface area contributed by atoms with Crippen molar-refractivity contribution < 1.29 is 19.8 Å². The van der Waals surface area contributed by atoms with Gasteiger partial charge in [0.2, 0.25) is 0 Å². The molecule has 0 fully saturated rings. The van der Waals surface area contributed by atoms with Gasteiger partial charge < -0.3 is 10.2 Å². The Morgan fingerprint density at radius 1 is 1.06 bits per heavy atom. The quantitative estimate of drug-likeness (QED) is 0.821. The summed E-state index contributed by atoms with van der Waals surface area (Å²) in [5, 5.41) is 17.8. The zero-order valence-electron chi connectivity index (χ0n) is 9.93. The Hall–Kier alpha value is -1.84. The van der Waals surface area contributed by atoms with E-state index in [-0.39, 0.29) is 12.8 Å². The lowest BCUT2D eigenvalue weighted by Gasteiger charge is -2.26. The Labute approximate surface area is 99.9 Å². The number of carboxylic acids is 2. The summed E-state index contributed by atoms with van der Waals surface area (Å²) >= 11 is 0. The fraction of sp³-hybridized carbons (Fsp3) is 0.385. The van der Waals surface area contributed by atoms with E-state index in [9.17, 15) is 9.59 Å². The summed E-state index contributed by atoms with van der Waals surface area (Å²) in [7, 11) is 0. The van der Waals surface area contributed by atoms with E-state index in [0.29, 0.717) is 0 Å². The van der Waals surface area contributed by atoms with E-state index in [1.54, 1.807) is 19.1 Å². The molecule has 0 radical (unpaired) electrons. The zero-order chi connectivity index (χ0) is 13.1. The lowest BCUT2D eigenvalue weighted by atomic mass is 9.76. The van der Waals surface area contributed by atoms with Gasteiger partial charge in [0.1, 0.15) is 0 Å². The minimum atomic E-state index is -0.991. The van der Waals surface area contributed by atoms with Crippen LogP contribution in [0.1, 0.15) is 30.9 Å². The topological polar surface area (TPSA) is 74.6 Å². The molecule has 92 valence electrons. The molecule has 0 atom stereocenters. The van der Waals surface area contributed by atoms with E-state index in [4.69, 9.17) is 10.2 Å². The molecule has 0 aromatic heterocycles. The second kappa shape index (κ2) is 4.99. The van der Waals surface area contributed by atoms with Crippen LogP contribution in [0.5, 0.6) is 0 Å². The number of aliphatic carboxylic acids is 2. The van der Waals surface area contributed by atoms with Gasteiger partial charge in [-0.1, -0.05) is 36.8 Å². The molecule has 4 heteroatoms. The summed E-state index contributed by atoms with van der Waals surface area (Å²) in [5.74, 6) is -1.98. The molecule has 4 nitrogen and oxygen atoms in total. The molecule has 0 unspecified atom stereocenters. The summed E-state index contributed by atoms with van der Waals surface area (Å²) in [6.45, 7) is 3.59. The molecular formula is C13H16O4. The highest BCUT2D eigenvalue weighted by atomic mass is 16.4. The van der Waals surface area contributed by atoms with Crippen molar-refractivity contribution in [2.75, 3.05) is 0 Å². The summed E-state index contributed by atoms with van der Waals surface area (Å²) < 4.78 is 0. The number of benzene rings is 1. The first-order valence-corrected chi connectivity index (χ1v) is 5.34. The molecule has 0 aliphatic carbocycles. The second-order valence-electron chi connectivity index (χ2n) is 4.57. The maximum Gasteiger partial charge on any atom is 0.304 e. The highest BCUT2D eigenvalue weighted by Gasteiger charge is 2.32. The Kier molecular flexibility index (Phi) is 3.89. The third-order valence-electron chi connectivity index (χ3n) is 2.83.